The summed E-state index contributed by atoms with van der Waals surface area (Å²) in [6.07, 6.45) is 3.66. The third-order valence-electron chi connectivity index (χ3n) is 3.21. The van der Waals surface area contributed by atoms with Crippen LogP contribution in [0.4, 0.5) is 0 Å². The van der Waals surface area contributed by atoms with E-state index in [-0.39, 0.29) is 0 Å². The van der Waals surface area contributed by atoms with Crippen LogP contribution >= 0.6 is 0 Å². The maximum atomic E-state index is 10.1. The van der Waals surface area contributed by atoms with Crippen LogP contribution in [0.3, 0.4) is 0 Å². The molecule has 0 spiro atoms. The maximum Gasteiger partial charge on any atom is 0.128 e. The lowest BCUT2D eigenvalue weighted by molar-refractivity contribution is 0.204. The summed E-state index contributed by atoms with van der Waals surface area (Å²) in [5.74, 6) is 0.834. The lowest BCUT2D eigenvalue weighted by atomic mass is 9.87. The molecule has 0 saturated heterocycles. The van der Waals surface area contributed by atoms with Crippen molar-refractivity contribution in [2.75, 3.05) is 7.11 Å². The Morgan fingerprint density at radius 3 is 2.88 bits per heavy atom. The van der Waals surface area contributed by atoms with Crippen molar-refractivity contribution in [3.63, 3.8) is 0 Å². The molecule has 1 aromatic carbocycles. The normalized spacial score (nSPS) is 16.4. The van der Waals surface area contributed by atoms with Crippen LogP contribution in [0.15, 0.2) is 42.5 Å². The summed E-state index contributed by atoms with van der Waals surface area (Å²) in [5, 5.41) is 10.1. The first-order valence-electron chi connectivity index (χ1n) is 5.92. The fourth-order valence-electron chi connectivity index (χ4n) is 2.37. The van der Waals surface area contributed by atoms with Crippen LogP contribution in [0.1, 0.15) is 24.0 Å². The summed E-state index contributed by atoms with van der Waals surface area (Å²) in [6, 6.07) is 8.21. The minimum atomic E-state index is -0.476. The van der Waals surface area contributed by atoms with Crippen LogP contribution < -0.4 is 0 Å². The molecule has 17 heavy (non-hydrogen) atoms. The zero-order valence-corrected chi connectivity index (χ0v) is 10.1. The Morgan fingerprint density at radius 1 is 1.41 bits per heavy atom. The summed E-state index contributed by atoms with van der Waals surface area (Å²) in [5.41, 5.74) is 3.39. The Morgan fingerprint density at radius 2 is 2.18 bits per heavy atom. The monoisotopic (exact) mass is 230 g/mol. The fraction of sp³-hybridized carbons (Fsp3) is 0.333. The van der Waals surface area contributed by atoms with Gasteiger partial charge in [-0.3, -0.25) is 0 Å². The van der Waals surface area contributed by atoms with Crippen molar-refractivity contribution >= 4 is 5.76 Å². The zero-order chi connectivity index (χ0) is 12.3. The molecule has 1 aromatic rings. The van der Waals surface area contributed by atoms with Crippen molar-refractivity contribution in [2.45, 2.75) is 25.4 Å². The maximum absolute atomic E-state index is 10.1. The summed E-state index contributed by atoms with van der Waals surface area (Å²) in [7, 11) is 1.66. The van der Waals surface area contributed by atoms with Crippen molar-refractivity contribution in [2.24, 2.45) is 0 Å². The molecule has 0 heterocycles. The van der Waals surface area contributed by atoms with Crippen LogP contribution in [0.5, 0.6) is 0 Å². The molecule has 90 valence electrons. The minimum Gasteiger partial charge on any atom is -0.496 e. The van der Waals surface area contributed by atoms with E-state index in [4.69, 9.17) is 4.74 Å². The van der Waals surface area contributed by atoms with Crippen LogP contribution in [-0.4, -0.2) is 18.3 Å². The highest BCUT2D eigenvalue weighted by Crippen LogP contribution is 2.33. The molecule has 0 aliphatic heterocycles. The highest BCUT2D eigenvalue weighted by atomic mass is 16.5. The Bertz CT molecular complexity index is 446. The first-order valence-corrected chi connectivity index (χ1v) is 5.92. The molecule has 2 nitrogen and oxygen atoms in total. The van der Waals surface area contributed by atoms with Gasteiger partial charge in [0.15, 0.2) is 0 Å². The number of aliphatic hydroxyl groups is 1. The third-order valence-corrected chi connectivity index (χ3v) is 3.21. The van der Waals surface area contributed by atoms with E-state index in [2.05, 4.69) is 12.6 Å². The fourth-order valence-corrected chi connectivity index (χ4v) is 2.37. The summed E-state index contributed by atoms with van der Waals surface area (Å²) in [4.78, 5) is 0. The molecule has 0 fully saturated rings. The Kier molecular flexibility index (Phi) is 3.64. The molecule has 2 rings (SSSR count). The number of aryl methyl sites for hydroxylation is 1. The van der Waals surface area contributed by atoms with Gasteiger partial charge in [0.2, 0.25) is 0 Å². The minimum absolute atomic E-state index is 0.476. The van der Waals surface area contributed by atoms with Gasteiger partial charge in [-0.05, 0) is 24.8 Å². The van der Waals surface area contributed by atoms with Crippen molar-refractivity contribution < 1.29 is 9.84 Å². The molecule has 0 aromatic heterocycles. The average molecular weight is 230 g/mol. The van der Waals surface area contributed by atoms with Gasteiger partial charge in [0.05, 0.1) is 13.2 Å². The molecule has 1 atom stereocenters. The number of rotatable bonds is 4. The first-order chi connectivity index (χ1) is 8.27. The third kappa shape index (κ3) is 2.27. The SMILES string of the molecule is C=CCC(O)C1=C(OC)c2ccccc2CC1. The van der Waals surface area contributed by atoms with Gasteiger partial charge in [-0.2, -0.15) is 0 Å². The number of aliphatic hydroxyl groups excluding tert-OH is 1. The van der Waals surface area contributed by atoms with E-state index in [1.54, 1.807) is 13.2 Å². The summed E-state index contributed by atoms with van der Waals surface area (Å²) < 4.78 is 5.48. The van der Waals surface area contributed by atoms with E-state index in [0.717, 1.165) is 29.7 Å². The van der Waals surface area contributed by atoms with Gasteiger partial charge in [-0.15, -0.1) is 6.58 Å². The van der Waals surface area contributed by atoms with Crippen LogP contribution in [0, 0.1) is 0 Å². The molecule has 2 heteroatoms. The van der Waals surface area contributed by atoms with Crippen molar-refractivity contribution in [3.8, 4) is 0 Å². The second kappa shape index (κ2) is 5.19. The summed E-state index contributed by atoms with van der Waals surface area (Å²) >= 11 is 0. The van der Waals surface area contributed by atoms with Gasteiger partial charge < -0.3 is 9.84 Å². The zero-order valence-electron chi connectivity index (χ0n) is 10.1. The number of hydrogen-bond acceptors (Lipinski definition) is 2. The van der Waals surface area contributed by atoms with Gasteiger partial charge in [0.1, 0.15) is 5.76 Å². The average Bonchev–Trinajstić information content (AvgIpc) is 2.37. The van der Waals surface area contributed by atoms with Crippen molar-refractivity contribution in [1.29, 1.82) is 0 Å². The standard InChI is InChI=1S/C15H18O2/c1-3-6-14(16)13-10-9-11-7-4-5-8-12(11)15(13)17-2/h3-5,7-8,14,16H,1,6,9-10H2,2H3. The van der Waals surface area contributed by atoms with Gasteiger partial charge in [0, 0.05) is 11.1 Å². The number of benzene rings is 1. The van der Waals surface area contributed by atoms with E-state index in [9.17, 15) is 5.11 Å². The number of hydrogen-bond donors (Lipinski definition) is 1. The second-order valence-electron chi connectivity index (χ2n) is 4.26. The van der Waals surface area contributed by atoms with Gasteiger partial charge in [-0.25, -0.2) is 0 Å². The molecule has 1 aliphatic rings. The Balaban J connectivity index is 2.43. The number of fused-ring (bicyclic) bond motifs is 1. The van der Waals surface area contributed by atoms with Crippen LogP contribution in [0.25, 0.3) is 5.76 Å². The molecule has 0 saturated carbocycles. The quantitative estimate of drug-likeness (QED) is 0.806. The largest absolute Gasteiger partial charge is 0.496 e. The van der Waals surface area contributed by atoms with Crippen molar-refractivity contribution in [1.82, 2.24) is 0 Å². The second-order valence-corrected chi connectivity index (χ2v) is 4.26. The molecule has 1 N–H and O–H groups in total. The highest BCUT2D eigenvalue weighted by Gasteiger charge is 2.23. The molecule has 0 amide bonds. The van der Waals surface area contributed by atoms with Crippen molar-refractivity contribution in [3.05, 3.63) is 53.6 Å². The predicted molar refractivity (Wildman–Crippen MR) is 69.5 cm³/mol. The van der Waals surface area contributed by atoms with E-state index < -0.39 is 6.10 Å². The summed E-state index contributed by atoms with van der Waals surface area (Å²) in [6.45, 7) is 3.67. The number of methoxy groups -OCH3 is 1. The lowest BCUT2D eigenvalue weighted by Crippen LogP contribution is -2.17. The highest BCUT2D eigenvalue weighted by molar-refractivity contribution is 5.69. The Labute approximate surface area is 102 Å². The van der Waals surface area contributed by atoms with E-state index >= 15 is 0 Å². The molecule has 0 bridgehead atoms. The predicted octanol–water partition coefficient (Wildman–Crippen LogP) is 2.93. The van der Waals surface area contributed by atoms with Gasteiger partial charge in [0.25, 0.3) is 0 Å². The van der Waals surface area contributed by atoms with Crippen LogP contribution in [0.2, 0.25) is 0 Å². The van der Waals surface area contributed by atoms with E-state index in [1.165, 1.54) is 5.56 Å². The van der Waals surface area contributed by atoms with Gasteiger partial charge >= 0.3 is 0 Å². The lowest BCUT2D eigenvalue weighted by Gasteiger charge is -2.25. The molecule has 1 aliphatic carbocycles. The van der Waals surface area contributed by atoms with E-state index in [0.29, 0.717) is 6.42 Å². The van der Waals surface area contributed by atoms with Gasteiger partial charge in [-0.1, -0.05) is 30.3 Å². The molecular weight excluding hydrogens is 212 g/mol. The van der Waals surface area contributed by atoms with E-state index in [1.807, 2.05) is 18.2 Å². The number of ether oxygens (including phenoxy) is 1. The van der Waals surface area contributed by atoms with Crippen LogP contribution in [-0.2, 0) is 11.2 Å². The topological polar surface area (TPSA) is 29.5 Å². The molecular formula is C15H18O2. The smallest absolute Gasteiger partial charge is 0.128 e. The molecule has 0 radical (unpaired) electrons. The Hall–Kier alpha value is -1.54. The first kappa shape index (κ1) is 11.9. The molecule has 1 unspecified atom stereocenters.